The predicted molar refractivity (Wildman–Crippen MR) is 120 cm³/mol. The van der Waals surface area contributed by atoms with Crippen molar-refractivity contribution < 1.29 is 18.7 Å². The molecule has 0 saturated carbocycles. The molecular formula is C24H35NO4Si. The van der Waals surface area contributed by atoms with Crippen LogP contribution >= 0.6 is 0 Å². The molecule has 0 aromatic heterocycles. The molecule has 0 N–H and O–H groups in total. The van der Waals surface area contributed by atoms with E-state index < -0.39 is 26.1 Å². The summed E-state index contributed by atoms with van der Waals surface area (Å²) in [6, 6.07) is 12.2. The first-order valence-corrected chi connectivity index (χ1v) is 13.5. The van der Waals surface area contributed by atoms with Crippen LogP contribution in [0.3, 0.4) is 0 Å². The van der Waals surface area contributed by atoms with Gasteiger partial charge >= 0.3 is 0 Å². The van der Waals surface area contributed by atoms with E-state index in [4.69, 9.17) is 13.9 Å². The largest absolute Gasteiger partial charge is 0.395 e. The average molecular weight is 430 g/mol. The molecule has 0 bridgehead atoms. The topological polar surface area (TPSA) is 71.9 Å². The molecule has 0 spiro atoms. The van der Waals surface area contributed by atoms with Crippen molar-refractivity contribution >= 4 is 14.1 Å². The number of carbonyl (C=O) groups excluding carboxylic acids is 1. The van der Waals surface area contributed by atoms with Crippen LogP contribution in [-0.4, -0.2) is 38.7 Å². The van der Waals surface area contributed by atoms with Gasteiger partial charge in [0.15, 0.2) is 8.32 Å². The lowest BCUT2D eigenvalue weighted by molar-refractivity contribution is -0.118. The van der Waals surface area contributed by atoms with Crippen molar-refractivity contribution in [3.63, 3.8) is 0 Å². The van der Waals surface area contributed by atoms with E-state index in [1.807, 2.05) is 31.2 Å². The minimum absolute atomic E-state index is 0.0870. The highest BCUT2D eigenvalue weighted by Crippen LogP contribution is 2.42. The number of epoxide rings is 1. The van der Waals surface area contributed by atoms with Crippen LogP contribution in [0.2, 0.25) is 18.1 Å². The summed E-state index contributed by atoms with van der Waals surface area (Å²) in [6.45, 7) is 14.5. The molecule has 0 amide bonds. The summed E-state index contributed by atoms with van der Waals surface area (Å²) < 4.78 is 17.4. The van der Waals surface area contributed by atoms with Crippen LogP contribution < -0.4 is 0 Å². The van der Waals surface area contributed by atoms with E-state index in [0.29, 0.717) is 5.57 Å². The molecule has 1 heterocycles. The first kappa shape index (κ1) is 24.5. The van der Waals surface area contributed by atoms with Gasteiger partial charge in [-0.05, 0) is 56.0 Å². The van der Waals surface area contributed by atoms with Gasteiger partial charge in [-0.2, -0.15) is 5.26 Å². The fourth-order valence-corrected chi connectivity index (χ4v) is 3.79. The molecule has 1 aromatic carbocycles. The molecule has 6 heteroatoms. The fourth-order valence-electron chi connectivity index (χ4n) is 2.99. The zero-order valence-corrected chi connectivity index (χ0v) is 20.3. The van der Waals surface area contributed by atoms with E-state index in [9.17, 15) is 10.1 Å². The van der Waals surface area contributed by atoms with E-state index in [1.165, 1.54) is 5.56 Å². The molecular weight excluding hydrogens is 394 g/mol. The molecule has 0 aliphatic carbocycles. The van der Waals surface area contributed by atoms with Gasteiger partial charge in [0, 0.05) is 0 Å². The zero-order chi connectivity index (χ0) is 22.6. The second-order valence-electron chi connectivity index (χ2n) is 9.52. The van der Waals surface area contributed by atoms with E-state index in [2.05, 4.69) is 52.1 Å². The molecule has 1 aromatic rings. The number of ketones is 1. The summed E-state index contributed by atoms with van der Waals surface area (Å²) in [5.41, 5.74) is 0.331. The number of benzene rings is 1. The summed E-state index contributed by atoms with van der Waals surface area (Å²) in [7, 11) is -1.92. The van der Waals surface area contributed by atoms with Crippen LogP contribution in [0.25, 0.3) is 0 Å². The highest BCUT2D eigenvalue weighted by Gasteiger charge is 2.66. The molecule has 0 radical (unpaired) electrons. The Kier molecular flexibility index (Phi) is 7.81. The van der Waals surface area contributed by atoms with Crippen molar-refractivity contribution in [3.05, 3.63) is 47.5 Å². The Hall–Kier alpha value is -1.78. The maximum Gasteiger partial charge on any atom is 0.246 e. The lowest BCUT2D eigenvalue weighted by Gasteiger charge is -2.36. The van der Waals surface area contributed by atoms with Crippen molar-refractivity contribution in [2.75, 3.05) is 6.79 Å². The summed E-state index contributed by atoms with van der Waals surface area (Å²) >= 11 is 0. The second kappa shape index (κ2) is 9.57. The number of aryl methyl sites for hydroxylation is 1. The first-order chi connectivity index (χ1) is 13.9. The van der Waals surface area contributed by atoms with Gasteiger partial charge in [-0.25, -0.2) is 0 Å². The van der Waals surface area contributed by atoms with Gasteiger partial charge in [-0.3, -0.25) is 4.79 Å². The summed E-state index contributed by atoms with van der Waals surface area (Å²) in [5.74, 6) is -0.274. The lowest BCUT2D eigenvalue weighted by Crippen LogP contribution is -2.42. The lowest BCUT2D eigenvalue weighted by atomic mass is 9.93. The Morgan fingerprint density at radius 3 is 2.53 bits per heavy atom. The van der Waals surface area contributed by atoms with Crippen LogP contribution in [0.15, 0.2) is 42.0 Å². The highest BCUT2D eigenvalue weighted by atomic mass is 28.4. The number of nitriles is 1. The average Bonchev–Trinajstić information content (AvgIpc) is 3.43. The van der Waals surface area contributed by atoms with Gasteiger partial charge in [0.1, 0.15) is 19.0 Å². The molecule has 164 valence electrons. The fraction of sp³-hybridized carbons (Fsp3) is 0.583. The molecule has 2 rings (SSSR count). The van der Waals surface area contributed by atoms with Crippen molar-refractivity contribution in [2.45, 2.75) is 83.4 Å². The van der Waals surface area contributed by atoms with Crippen LogP contribution in [0.5, 0.6) is 0 Å². The number of hydrogen-bond donors (Lipinski definition) is 0. The maximum absolute atomic E-state index is 12.9. The van der Waals surface area contributed by atoms with Crippen molar-refractivity contribution in [1.82, 2.24) is 0 Å². The molecule has 1 aliphatic heterocycles. The van der Waals surface area contributed by atoms with Crippen LogP contribution in [0, 0.1) is 11.3 Å². The van der Waals surface area contributed by atoms with Crippen LogP contribution in [0.1, 0.15) is 46.6 Å². The third-order valence-electron chi connectivity index (χ3n) is 6.23. The van der Waals surface area contributed by atoms with Gasteiger partial charge in [-0.15, -0.1) is 0 Å². The Bertz CT molecular complexity index is 807. The first-order valence-electron chi connectivity index (χ1n) is 10.5. The van der Waals surface area contributed by atoms with Gasteiger partial charge in [-0.1, -0.05) is 57.2 Å². The van der Waals surface area contributed by atoms with Crippen molar-refractivity contribution in [1.29, 1.82) is 5.26 Å². The zero-order valence-electron chi connectivity index (χ0n) is 19.3. The number of hydrogen-bond acceptors (Lipinski definition) is 5. The van der Waals surface area contributed by atoms with Gasteiger partial charge < -0.3 is 13.9 Å². The van der Waals surface area contributed by atoms with Gasteiger partial charge in [0.25, 0.3) is 0 Å². The molecule has 30 heavy (non-hydrogen) atoms. The molecule has 5 nitrogen and oxygen atoms in total. The van der Waals surface area contributed by atoms with Gasteiger partial charge in [0.05, 0.1) is 6.10 Å². The number of nitrogens with zero attached hydrogens (tertiary/aromatic N) is 1. The number of ether oxygens (including phenoxy) is 2. The molecule has 0 unspecified atom stereocenters. The third-order valence-corrected chi connectivity index (χ3v) is 10.7. The Balaban J connectivity index is 1.89. The summed E-state index contributed by atoms with van der Waals surface area (Å²) in [4.78, 5) is 12.9. The molecule has 1 aliphatic rings. The van der Waals surface area contributed by atoms with Crippen molar-refractivity contribution in [2.24, 2.45) is 0 Å². The SMILES string of the molecule is C/C(=C\CCc1ccccc1)C(=O)[C@@]1(C#N)O[C@@H]1[C@H](C)OCO[Si](C)(C)C(C)(C)C. The maximum atomic E-state index is 12.9. The third kappa shape index (κ3) is 5.67. The number of carbonyl (C=O) groups is 1. The highest BCUT2D eigenvalue weighted by molar-refractivity contribution is 6.74. The summed E-state index contributed by atoms with van der Waals surface area (Å²) in [5, 5.41) is 9.74. The van der Waals surface area contributed by atoms with Crippen molar-refractivity contribution in [3.8, 4) is 6.07 Å². The smallest absolute Gasteiger partial charge is 0.246 e. The number of Topliss-reactive ketones (excluding diaryl/α,β-unsaturated/α-hetero) is 1. The minimum atomic E-state index is -1.92. The molecule has 3 atom stereocenters. The Morgan fingerprint density at radius 2 is 1.97 bits per heavy atom. The van der Waals surface area contributed by atoms with E-state index in [-0.39, 0.29) is 17.6 Å². The summed E-state index contributed by atoms with van der Waals surface area (Å²) in [6.07, 6.45) is 2.49. The Morgan fingerprint density at radius 1 is 1.33 bits per heavy atom. The van der Waals surface area contributed by atoms with E-state index in [0.717, 1.165) is 12.8 Å². The number of rotatable bonds is 10. The van der Waals surface area contributed by atoms with E-state index >= 15 is 0 Å². The molecule has 1 fully saturated rings. The minimum Gasteiger partial charge on any atom is -0.395 e. The predicted octanol–water partition coefficient (Wildman–Crippen LogP) is 5.18. The van der Waals surface area contributed by atoms with Crippen LogP contribution in [0.4, 0.5) is 0 Å². The normalized spacial score (nSPS) is 23.0. The second-order valence-corrected chi connectivity index (χ2v) is 14.3. The van der Waals surface area contributed by atoms with E-state index in [1.54, 1.807) is 6.92 Å². The standard InChI is InChI=1S/C24H35NO4Si/c1-18(12-11-15-20-13-9-8-10-14-20)21(26)24(16-25)22(29-24)19(2)27-17-28-30(6,7)23(3,4)5/h8-10,12-14,19,22H,11,15,17H2,1-7H3/b18-12+/t19-,22+,24+/m0/s1. The van der Waals surface area contributed by atoms with Crippen LogP contribution in [-0.2, 0) is 25.1 Å². The molecule has 1 saturated heterocycles. The monoisotopic (exact) mass is 429 g/mol. The number of allylic oxidation sites excluding steroid dienone is 1. The quantitative estimate of drug-likeness (QED) is 0.222. The Labute approximate surface area is 182 Å². The van der Waals surface area contributed by atoms with Gasteiger partial charge in [0.2, 0.25) is 11.4 Å².